The van der Waals surface area contributed by atoms with Crippen molar-refractivity contribution < 1.29 is 9.47 Å². The summed E-state index contributed by atoms with van der Waals surface area (Å²) in [6, 6.07) is 79.4. The fraction of sp³-hybridized carbons (Fsp3) is 0. The average molecular weight is 781 g/mol. The van der Waals surface area contributed by atoms with Crippen molar-refractivity contribution in [2.75, 3.05) is 9.80 Å². The third kappa shape index (κ3) is 5.77. The fourth-order valence-electron chi connectivity index (χ4n) is 9.53. The summed E-state index contributed by atoms with van der Waals surface area (Å²) in [5.41, 5.74) is 11.8. The van der Waals surface area contributed by atoms with Crippen LogP contribution in [-0.2, 0) is 0 Å². The van der Waals surface area contributed by atoms with Gasteiger partial charge in [-0.25, -0.2) is 0 Å². The monoisotopic (exact) mass is 780 g/mol. The summed E-state index contributed by atoms with van der Waals surface area (Å²) >= 11 is 0. The van der Waals surface area contributed by atoms with Gasteiger partial charge in [-0.15, -0.1) is 0 Å². The Labute approximate surface area is 355 Å². The molecular formula is C56H37BN2O2. The summed E-state index contributed by atoms with van der Waals surface area (Å²) in [5, 5.41) is 4.54. The highest BCUT2D eigenvalue weighted by atomic mass is 16.5. The van der Waals surface area contributed by atoms with Crippen LogP contribution in [-0.4, -0.2) is 6.71 Å². The van der Waals surface area contributed by atoms with Crippen LogP contribution in [0.25, 0.3) is 32.7 Å². The lowest BCUT2D eigenvalue weighted by Crippen LogP contribution is -2.58. The largest absolute Gasteiger partial charge is 0.458 e. The van der Waals surface area contributed by atoms with Gasteiger partial charge in [0.15, 0.2) is 0 Å². The van der Waals surface area contributed by atoms with Gasteiger partial charge < -0.3 is 19.3 Å². The first kappa shape index (κ1) is 35.0. The maximum atomic E-state index is 7.25. The minimum Gasteiger partial charge on any atom is -0.458 e. The molecular weight excluding hydrogens is 743 g/mol. The molecule has 0 fully saturated rings. The molecule has 5 heteroatoms. The first-order valence-corrected chi connectivity index (χ1v) is 20.8. The van der Waals surface area contributed by atoms with Gasteiger partial charge in [0.05, 0.1) is 11.4 Å². The Bertz CT molecular complexity index is 2980. The molecule has 10 aromatic rings. The number of ether oxygens (including phenoxy) is 2. The van der Waals surface area contributed by atoms with Crippen molar-refractivity contribution in [1.29, 1.82) is 0 Å². The van der Waals surface area contributed by atoms with E-state index in [1.165, 1.54) is 0 Å². The molecule has 61 heavy (non-hydrogen) atoms. The van der Waals surface area contributed by atoms with E-state index in [-0.39, 0.29) is 6.71 Å². The molecule has 0 saturated carbocycles. The van der Waals surface area contributed by atoms with E-state index in [0.717, 1.165) is 106 Å². The van der Waals surface area contributed by atoms with Crippen molar-refractivity contribution in [2.45, 2.75) is 0 Å². The van der Waals surface area contributed by atoms with Crippen molar-refractivity contribution in [1.82, 2.24) is 0 Å². The Morgan fingerprint density at radius 3 is 0.967 bits per heavy atom. The van der Waals surface area contributed by atoms with Crippen LogP contribution in [0.3, 0.4) is 0 Å². The van der Waals surface area contributed by atoms with Gasteiger partial charge in [0, 0.05) is 51.1 Å². The molecule has 0 unspecified atom stereocenters. The standard InChI is InChI=1S/C56H37BN2O2/c1-6-20-38(21-7-1)39-34-50-56-51(35-39)61-53-37-49(59(42-26-12-4-13-27-42)43-28-14-5-15-29-43)45-31-17-19-33-47(45)55(53)57(56)54-46-32-18-16-30-44(46)48(36-52(54)60-50)58(40-22-8-2-9-23-40)41-24-10-3-11-25-41/h1-37H. The number of rotatable bonds is 7. The number of para-hydroxylation sites is 4. The predicted octanol–water partition coefficient (Wildman–Crippen LogP) is 13.3. The van der Waals surface area contributed by atoms with Gasteiger partial charge in [0.1, 0.15) is 23.0 Å². The maximum absolute atomic E-state index is 7.25. The highest BCUT2D eigenvalue weighted by Gasteiger charge is 2.44. The molecule has 2 aliphatic rings. The van der Waals surface area contributed by atoms with E-state index in [1.54, 1.807) is 0 Å². The number of hydrogen-bond acceptors (Lipinski definition) is 4. The molecule has 0 aromatic heterocycles. The van der Waals surface area contributed by atoms with Gasteiger partial charge >= 0.3 is 0 Å². The van der Waals surface area contributed by atoms with Gasteiger partial charge in [0.25, 0.3) is 6.71 Å². The topological polar surface area (TPSA) is 24.9 Å². The van der Waals surface area contributed by atoms with Crippen LogP contribution in [0.2, 0.25) is 0 Å². The van der Waals surface area contributed by atoms with Crippen molar-refractivity contribution in [3.8, 4) is 34.1 Å². The van der Waals surface area contributed by atoms with Gasteiger partial charge in [-0.2, -0.15) is 0 Å². The van der Waals surface area contributed by atoms with Gasteiger partial charge in [-0.3, -0.25) is 0 Å². The molecule has 0 N–H and O–H groups in total. The van der Waals surface area contributed by atoms with Crippen LogP contribution in [0.5, 0.6) is 23.0 Å². The molecule has 0 saturated heterocycles. The highest BCUT2D eigenvalue weighted by molar-refractivity contribution is 7.01. The zero-order valence-corrected chi connectivity index (χ0v) is 33.2. The smallest absolute Gasteiger partial charge is 0.262 e. The molecule has 4 nitrogen and oxygen atoms in total. The Hall–Kier alpha value is -8.02. The van der Waals surface area contributed by atoms with Crippen LogP contribution in [0.15, 0.2) is 224 Å². The van der Waals surface area contributed by atoms with Crippen LogP contribution in [0.1, 0.15) is 0 Å². The molecule has 2 heterocycles. The number of hydrogen-bond donors (Lipinski definition) is 0. The van der Waals surface area contributed by atoms with Crippen molar-refractivity contribution in [3.05, 3.63) is 224 Å². The summed E-state index contributed by atoms with van der Waals surface area (Å²) in [4.78, 5) is 4.68. The Balaban J connectivity index is 1.16. The Morgan fingerprint density at radius 2 is 0.590 bits per heavy atom. The van der Waals surface area contributed by atoms with Crippen molar-refractivity contribution in [2.24, 2.45) is 0 Å². The average Bonchev–Trinajstić information content (AvgIpc) is 3.33. The SMILES string of the molecule is c1ccc(-c2cc3c4c(c2)Oc2cc(N(c5ccccc5)c5ccccc5)c5ccccc5c2B4c2c(cc(N(c4ccccc4)c4ccccc4)c4ccccc24)O3)cc1. The van der Waals surface area contributed by atoms with Gasteiger partial charge in [-0.1, -0.05) is 152 Å². The summed E-state index contributed by atoms with van der Waals surface area (Å²) < 4.78 is 14.5. The van der Waals surface area contributed by atoms with E-state index in [0.29, 0.717) is 0 Å². The van der Waals surface area contributed by atoms with Crippen molar-refractivity contribution >= 4 is 78.8 Å². The summed E-state index contributed by atoms with van der Waals surface area (Å²) in [6.45, 7) is -0.191. The van der Waals surface area contributed by atoms with Crippen molar-refractivity contribution in [3.63, 3.8) is 0 Å². The molecule has 0 amide bonds. The molecule has 0 aliphatic carbocycles. The summed E-state index contributed by atoms with van der Waals surface area (Å²) in [7, 11) is 0. The van der Waals surface area contributed by atoms with Crippen LogP contribution in [0.4, 0.5) is 34.1 Å². The number of nitrogens with zero attached hydrogens (tertiary/aromatic N) is 2. The molecule has 12 rings (SSSR count). The molecule has 0 spiro atoms. The molecule has 0 radical (unpaired) electrons. The first-order chi connectivity index (χ1) is 30.3. The van der Waals surface area contributed by atoms with Crippen LogP contribution >= 0.6 is 0 Å². The second kappa shape index (κ2) is 14.4. The van der Waals surface area contributed by atoms with E-state index in [2.05, 4.69) is 234 Å². The van der Waals surface area contributed by atoms with E-state index in [1.807, 2.05) is 0 Å². The van der Waals surface area contributed by atoms with E-state index < -0.39 is 0 Å². The zero-order valence-electron chi connectivity index (χ0n) is 33.2. The number of anilines is 6. The van der Waals surface area contributed by atoms with Crippen LogP contribution < -0.4 is 35.7 Å². The minimum absolute atomic E-state index is 0.191. The third-order valence-electron chi connectivity index (χ3n) is 12.1. The lowest BCUT2D eigenvalue weighted by Gasteiger charge is -2.37. The second-order valence-electron chi connectivity index (χ2n) is 15.6. The molecule has 10 aromatic carbocycles. The second-order valence-corrected chi connectivity index (χ2v) is 15.6. The minimum atomic E-state index is -0.191. The van der Waals surface area contributed by atoms with Crippen LogP contribution in [0, 0.1) is 0 Å². The summed E-state index contributed by atoms with van der Waals surface area (Å²) in [5.74, 6) is 3.26. The maximum Gasteiger partial charge on any atom is 0.262 e. The van der Waals surface area contributed by atoms with E-state index in [9.17, 15) is 0 Å². The zero-order chi connectivity index (χ0) is 40.3. The molecule has 286 valence electrons. The first-order valence-electron chi connectivity index (χ1n) is 20.8. The Kier molecular flexibility index (Phi) is 8.24. The van der Waals surface area contributed by atoms with Gasteiger partial charge in [-0.05, 0) is 93.5 Å². The molecule has 0 atom stereocenters. The number of fused-ring (bicyclic) bond motifs is 8. The lowest BCUT2D eigenvalue weighted by atomic mass is 9.33. The highest BCUT2D eigenvalue weighted by Crippen LogP contribution is 2.47. The molecule has 0 bridgehead atoms. The predicted molar refractivity (Wildman–Crippen MR) is 254 cm³/mol. The van der Waals surface area contributed by atoms with E-state index in [4.69, 9.17) is 9.47 Å². The van der Waals surface area contributed by atoms with E-state index >= 15 is 0 Å². The Morgan fingerprint density at radius 1 is 0.279 bits per heavy atom. The normalized spacial score (nSPS) is 12.2. The number of benzene rings is 10. The lowest BCUT2D eigenvalue weighted by molar-refractivity contribution is 0.466. The summed E-state index contributed by atoms with van der Waals surface area (Å²) in [6.07, 6.45) is 0. The molecule has 2 aliphatic heterocycles. The third-order valence-corrected chi connectivity index (χ3v) is 12.1. The quantitative estimate of drug-likeness (QED) is 0.150. The van der Waals surface area contributed by atoms with Gasteiger partial charge in [0.2, 0.25) is 0 Å². The fourth-order valence-corrected chi connectivity index (χ4v) is 9.53.